The molecule has 7 aromatic rings. The fourth-order valence-electron chi connectivity index (χ4n) is 7.06. The van der Waals surface area contributed by atoms with E-state index in [1.807, 2.05) is 0 Å². The van der Waals surface area contributed by atoms with Gasteiger partial charge in [-0.1, -0.05) is 194 Å². The first-order chi connectivity index (χ1) is 22.9. The molecular weight excluding hydrogens is 590 g/mol. The molecule has 2 atom stereocenters. The van der Waals surface area contributed by atoms with Crippen molar-refractivity contribution in [2.45, 2.75) is 11.6 Å². The van der Waals surface area contributed by atoms with Crippen LogP contribution in [-0.4, -0.2) is 5.66 Å². The van der Waals surface area contributed by atoms with Crippen molar-refractivity contribution in [3.63, 3.8) is 0 Å². The Bertz CT molecular complexity index is 2030. The third-order valence-electron chi connectivity index (χ3n) is 9.04. The molecule has 0 spiro atoms. The number of hydrogen-bond donors (Lipinski definition) is 0. The summed E-state index contributed by atoms with van der Waals surface area (Å²) in [5, 5.41) is 9.69. The van der Waals surface area contributed by atoms with Crippen LogP contribution in [-0.2, 0) is 0 Å². The van der Waals surface area contributed by atoms with Crippen molar-refractivity contribution in [2.24, 2.45) is 0 Å². The molecule has 0 bridgehead atoms. The lowest BCUT2D eigenvalue weighted by molar-refractivity contribution is 0.842. The van der Waals surface area contributed by atoms with Crippen LogP contribution in [0.15, 0.2) is 188 Å². The van der Waals surface area contributed by atoms with Gasteiger partial charge in [0.1, 0.15) is 0 Å². The van der Waals surface area contributed by atoms with Gasteiger partial charge in [0.05, 0.1) is 0 Å². The Morgan fingerprint density at radius 1 is 0.413 bits per heavy atom. The first kappa shape index (κ1) is 28.8. The summed E-state index contributed by atoms with van der Waals surface area (Å²) in [5.74, 6) is 0.172. The lowest BCUT2D eigenvalue weighted by Gasteiger charge is -2.39. The number of rotatable bonds is 7. The van der Waals surface area contributed by atoms with Crippen LogP contribution in [0.4, 0.5) is 0 Å². The number of fused-ring (bicyclic) bond motifs is 2. The van der Waals surface area contributed by atoms with Gasteiger partial charge in [0.25, 0.3) is 0 Å². The highest BCUT2D eigenvalue weighted by atomic mass is 31.1. The first-order valence-electron chi connectivity index (χ1n) is 16.0. The minimum absolute atomic E-state index is 0.172. The SMILES string of the molecule is C1=CC(P(c2ccccc2)c2ccccc2)C(c2c(P(c3ccccc3)c3ccccc3)ccc3ccccc23)c2ccccc21. The van der Waals surface area contributed by atoms with E-state index in [1.165, 1.54) is 54.0 Å². The molecular formula is C44H34P2. The van der Waals surface area contributed by atoms with Gasteiger partial charge in [-0.15, -0.1) is 0 Å². The van der Waals surface area contributed by atoms with E-state index in [-0.39, 0.29) is 11.6 Å². The molecule has 0 amide bonds. The van der Waals surface area contributed by atoms with Crippen molar-refractivity contribution in [2.75, 3.05) is 0 Å². The van der Waals surface area contributed by atoms with E-state index in [0.29, 0.717) is 0 Å². The molecule has 0 saturated heterocycles. The van der Waals surface area contributed by atoms with Gasteiger partial charge in [-0.25, -0.2) is 0 Å². The maximum atomic E-state index is 2.54. The topological polar surface area (TPSA) is 0 Å². The second-order valence-electron chi connectivity index (χ2n) is 11.7. The average Bonchev–Trinajstić information content (AvgIpc) is 3.14. The van der Waals surface area contributed by atoms with Crippen LogP contribution in [0.2, 0.25) is 0 Å². The summed E-state index contributed by atoms with van der Waals surface area (Å²) in [6, 6.07) is 67.8. The van der Waals surface area contributed by atoms with E-state index in [4.69, 9.17) is 0 Å². The predicted molar refractivity (Wildman–Crippen MR) is 203 cm³/mol. The molecule has 0 fully saturated rings. The summed E-state index contributed by atoms with van der Waals surface area (Å²) in [6.45, 7) is 0. The smallest absolute Gasteiger partial charge is 0.0216 e. The van der Waals surface area contributed by atoms with Crippen molar-refractivity contribution in [1.29, 1.82) is 0 Å². The molecule has 220 valence electrons. The Kier molecular flexibility index (Phi) is 8.17. The third-order valence-corrected chi connectivity index (χ3v) is 14.3. The van der Waals surface area contributed by atoms with Gasteiger partial charge < -0.3 is 0 Å². The zero-order valence-corrected chi connectivity index (χ0v) is 27.3. The molecule has 1 aliphatic rings. The number of benzene rings is 7. The van der Waals surface area contributed by atoms with Gasteiger partial charge in [-0.3, -0.25) is 0 Å². The molecule has 0 nitrogen and oxygen atoms in total. The predicted octanol–water partition coefficient (Wildman–Crippen LogP) is 9.26. The van der Waals surface area contributed by atoms with E-state index in [0.717, 1.165) is 0 Å². The highest BCUT2D eigenvalue weighted by molar-refractivity contribution is 7.80. The molecule has 0 aliphatic heterocycles. The van der Waals surface area contributed by atoms with E-state index in [1.54, 1.807) is 0 Å². The van der Waals surface area contributed by atoms with Crippen LogP contribution in [0.3, 0.4) is 0 Å². The first-order valence-corrected chi connectivity index (χ1v) is 18.7. The average molecular weight is 625 g/mol. The van der Waals surface area contributed by atoms with E-state index >= 15 is 0 Å². The van der Waals surface area contributed by atoms with E-state index in [2.05, 4.69) is 194 Å². The van der Waals surface area contributed by atoms with Crippen LogP contribution in [0, 0.1) is 0 Å². The van der Waals surface area contributed by atoms with Crippen molar-refractivity contribution >= 4 is 59.2 Å². The van der Waals surface area contributed by atoms with Gasteiger partial charge in [0.2, 0.25) is 0 Å². The quantitative estimate of drug-likeness (QED) is 0.155. The van der Waals surface area contributed by atoms with Crippen molar-refractivity contribution in [1.82, 2.24) is 0 Å². The summed E-state index contributed by atoms with van der Waals surface area (Å²) in [4.78, 5) is 0. The molecule has 46 heavy (non-hydrogen) atoms. The Hall–Kier alpha value is -4.60. The standard InChI is InChI=1S/C44H34P2/c1-5-19-35(20-6-1)45(36-21-7-2-8-22-36)41-31-29-33-17-13-15-27-39(33)43(41)44-40-28-16-14-18-34(40)30-32-42(44)46(37-23-9-3-10-24-37)38-25-11-4-12-26-38/h1-32,41,43H. The molecule has 1 aliphatic carbocycles. The normalized spacial score (nSPS) is 15.7. The minimum atomic E-state index is -0.818. The Morgan fingerprint density at radius 3 is 1.52 bits per heavy atom. The van der Waals surface area contributed by atoms with E-state index < -0.39 is 15.8 Å². The fourth-order valence-corrected chi connectivity index (χ4v) is 12.4. The van der Waals surface area contributed by atoms with Crippen molar-refractivity contribution in [3.8, 4) is 0 Å². The molecule has 0 aromatic heterocycles. The lowest BCUT2D eigenvalue weighted by Crippen LogP contribution is -2.32. The van der Waals surface area contributed by atoms with Gasteiger partial charge in [0, 0.05) is 11.6 Å². The van der Waals surface area contributed by atoms with Crippen LogP contribution in [0.25, 0.3) is 16.8 Å². The Labute approximate surface area is 274 Å². The zero-order chi connectivity index (χ0) is 30.7. The summed E-state index contributed by atoms with van der Waals surface area (Å²) < 4.78 is 0. The minimum Gasteiger partial charge on any atom is -0.0749 e. The van der Waals surface area contributed by atoms with Crippen LogP contribution in [0.5, 0.6) is 0 Å². The maximum absolute atomic E-state index is 2.54. The molecule has 2 heteroatoms. The Balaban J connectivity index is 1.45. The second kappa shape index (κ2) is 13.0. The summed E-state index contributed by atoms with van der Waals surface area (Å²) in [7, 11) is -1.55. The molecule has 0 N–H and O–H groups in total. The molecule has 0 radical (unpaired) electrons. The maximum Gasteiger partial charge on any atom is 0.0216 e. The largest absolute Gasteiger partial charge is 0.0749 e. The number of hydrogen-bond acceptors (Lipinski definition) is 0. The zero-order valence-electron chi connectivity index (χ0n) is 25.5. The second-order valence-corrected chi connectivity index (χ2v) is 16.3. The van der Waals surface area contributed by atoms with Gasteiger partial charge >= 0.3 is 0 Å². The third kappa shape index (κ3) is 5.43. The van der Waals surface area contributed by atoms with Gasteiger partial charge in [0.15, 0.2) is 0 Å². The monoisotopic (exact) mass is 624 g/mol. The van der Waals surface area contributed by atoms with Crippen LogP contribution < -0.4 is 26.5 Å². The lowest BCUT2D eigenvalue weighted by atomic mass is 9.80. The van der Waals surface area contributed by atoms with Crippen molar-refractivity contribution < 1.29 is 0 Å². The molecule has 0 saturated carbocycles. The molecule has 8 rings (SSSR count). The van der Waals surface area contributed by atoms with Crippen LogP contribution >= 0.6 is 15.8 Å². The Morgan fingerprint density at radius 2 is 0.913 bits per heavy atom. The van der Waals surface area contributed by atoms with Crippen molar-refractivity contribution in [3.05, 3.63) is 205 Å². The summed E-state index contributed by atoms with van der Waals surface area (Å²) in [6.07, 6.45) is 4.93. The van der Waals surface area contributed by atoms with Crippen LogP contribution in [0.1, 0.15) is 22.6 Å². The molecule has 7 aromatic carbocycles. The highest BCUT2D eigenvalue weighted by Gasteiger charge is 2.38. The highest BCUT2D eigenvalue weighted by Crippen LogP contribution is 2.54. The van der Waals surface area contributed by atoms with Gasteiger partial charge in [-0.2, -0.15) is 0 Å². The van der Waals surface area contributed by atoms with Gasteiger partial charge in [-0.05, 0) is 69.8 Å². The van der Waals surface area contributed by atoms with E-state index in [9.17, 15) is 0 Å². The molecule has 2 unspecified atom stereocenters. The molecule has 0 heterocycles. The summed E-state index contributed by atoms with van der Waals surface area (Å²) in [5.41, 5.74) is 4.48. The number of allylic oxidation sites excluding steroid dienone is 1. The summed E-state index contributed by atoms with van der Waals surface area (Å²) >= 11 is 0. The fraction of sp³-hybridized carbons (Fsp3) is 0.0455.